The van der Waals surface area contributed by atoms with Crippen molar-refractivity contribution in [3.63, 3.8) is 0 Å². The number of hydrogen-bond donors (Lipinski definition) is 2. The minimum Gasteiger partial charge on any atom is -0.479 e. The van der Waals surface area contributed by atoms with Crippen LogP contribution in [0.3, 0.4) is 0 Å². The summed E-state index contributed by atoms with van der Waals surface area (Å²) in [5, 5.41) is 15.4. The Hall–Kier alpha value is -3.91. The summed E-state index contributed by atoms with van der Waals surface area (Å²) in [7, 11) is 0. The van der Waals surface area contributed by atoms with Crippen molar-refractivity contribution in [2.45, 2.75) is 77.2 Å². The molecule has 0 aromatic carbocycles. The quantitative estimate of drug-likeness (QED) is 0.129. The van der Waals surface area contributed by atoms with Crippen LogP contribution >= 0.6 is 0 Å². The first-order chi connectivity index (χ1) is 16.2. The number of aliphatic carboxylic acids is 1. The van der Waals surface area contributed by atoms with E-state index < -0.39 is 85.0 Å². The molecule has 0 aromatic heterocycles. The minimum absolute atomic E-state index is 0.667. The number of esters is 4. The van der Waals surface area contributed by atoms with Crippen molar-refractivity contribution in [2.75, 3.05) is 6.61 Å². The first-order valence-electron chi connectivity index (χ1n) is 10.1. The molecule has 2 N–H and O–H groups in total. The van der Waals surface area contributed by atoms with Gasteiger partial charge in [-0.1, -0.05) is 0 Å². The summed E-state index contributed by atoms with van der Waals surface area (Å²) in [6.45, 7) is 4.47. The van der Waals surface area contributed by atoms with Gasteiger partial charge in [0.05, 0.1) is 6.04 Å². The van der Waals surface area contributed by atoms with Crippen molar-refractivity contribution in [3.8, 4) is 0 Å². The summed E-state index contributed by atoms with van der Waals surface area (Å²) in [5.74, 6) is -6.01. The lowest BCUT2D eigenvalue weighted by atomic mass is 9.87. The molecule has 16 heteroatoms. The second-order valence-corrected chi connectivity index (χ2v) is 7.46. The van der Waals surface area contributed by atoms with Gasteiger partial charge in [0.1, 0.15) is 18.8 Å². The summed E-state index contributed by atoms with van der Waals surface area (Å²) in [6.07, 6.45) is -7.26. The summed E-state index contributed by atoms with van der Waals surface area (Å²) in [4.78, 5) is 73.3. The average molecular weight is 502 g/mol. The van der Waals surface area contributed by atoms with E-state index in [1.807, 2.05) is 0 Å². The highest BCUT2D eigenvalue weighted by atomic mass is 16.6. The number of azide groups is 1. The molecule has 1 amide bonds. The van der Waals surface area contributed by atoms with Crippen LogP contribution < -0.4 is 5.32 Å². The van der Waals surface area contributed by atoms with Gasteiger partial charge in [-0.25, -0.2) is 4.79 Å². The van der Waals surface area contributed by atoms with E-state index in [-0.39, 0.29) is 0 Å². The zero-order valence-corrected chi connectivity index (χ0v) is 19.6. The summed E-state index contributed by atoms with van der Waals surface area (Å²) in [6, 6.07) is -1.39. The van der Waals surface area contributed by atoms with E-state index in [4.69, 9.17) is 29.2 Å². The third-order valence-electron chi connectivity index (χ3n) is 4.55. The number of ether oxygens (including phenoxy) is 5. The zero-order chi connectivity index (χ0) is 26.9. The Morgan fingerprint density at radius 2 is 1.66 bits per heavy atom. The topological polar surface area (TPSA) is 230 Å². The van der Waals surface area contributed by atoms with Gasteiger partial charge in [0, 0.05) is 46.0 Å². The number of carboxylic acids is 1. The first-order valence-corrected chi connectivity index (χ1v) is 10.1. The zero-order valence-electron chi connectivity index (χ0n) is 19.6. The summed E-state index contributed by atoms with van der Waals surface area (Å²) in [5.41, 5.74) is 6.30. The molecule has 35 heavy (non-hydrogen) atoms. The highest BCUT2D eigenvalue weighted by Crippen LogP contribution is 2.36. The first kappa shape index (κ1) is 29.1. The van der Waals surface area contributed by atoms with Crippen LogP contribution in [0.4, 0.5) is 0 Å². The number of carbonyl (C=O) groups excluding carboxylic acids is 5. The van der Waals surface area contributed by atoms with Crippen LogP contribution in [0, 0.1) is 0 Å². The molecule has 194 valence electrons. The van der Waals surface area contributed by atoms with Crippen LogP contribution in [0.2, 0.25) is 0 Å². The standard InChI is InChI=1S/C19H26N4O12/c1-8(24)21-15-13(32-10(3)26)6-19(18(29)30,22-23-20)35-17(15)16(34-12(5)28)14(33-11(4)27)7-31-9(2)25/h13-17H,6-7H2,1-5H3,(H,21,24)(H,29,30)/t13-,14+,15+,16+,17+,19+/m0/s1. The monoisotopic (exact) mass is 502 g/mol. The lowest BCUT2D eigenvalue weighted by Crippen LogP contribution is -2.68. The number of carbonyl (C=O) groups is 6. The normalized spacial score (nSPS) is 25.0. The van der Waals surface area contributed by atoms with Crippen molar-refractivity contribution in [1.82, 2.24) is 5.32 Å². The Morgan fingerprint density at radius 3 is 2.09 bits per heavy atom. The van der Waals surface area contributed by atoms with E-state index in [9.17, 15) is 33.9 Å². The van der Waals surface area contributed by atoms with Crippen LogP contribution in [0.5, 0.6) is 0 Å². The van der Waals surface area contributed by atoms with Crippen LogP contribution in [0.15, 0.2) is 5.11 Å². The van der Waals surface area contributed by atoms with Crippen LogP contribution in [-0.4, -0.2) is 83.6 Å². The lowest BCUT2D eigenvalue weighted by Gasteiger charge is -2.47. The Balaban J connectivity index is 3.76. The van der Waals surface area contributed by atoms with Gasteiger partial charge in [-0.05, 0) is 10.6 Å². The number of hydrogen-bond acceptors (Lipinski definition) is 12. The van der Waals surface area contributed by atoms with Gasteiger partial charge in [-0.3, -0.25) is 24.0 Å². The van der Waals surface area contributed by atoms with Crippen molar-refractivity contribution in [1.29, 1.82) is 0 Å². The van der Waals surface area contributed by atoms with E-state index >= 15 is 0 Å². The smallest absolute Gasteiger partial charge is 0.342 e. The maximum Gasteiger partial charge on any atom is 0.342 e. The SMILES string of the molecule is CC(=O)N[C@H]1[C@H]([C@H](OC(C)=O)[C@@H](COC(C)=O)OC(C)=O)O[C@@](N=[N+]=[N-])(C(=O)O)C[C@@H]1OC(C)=O. The van der Waals surface area contributed by atoms with Crippen LogP contribution in [0.1, 0.15) is 41.0 Å². The molecule has 0 bridgehead atoms. The molecule has 0 unspecified atom stereocenters. The van der Waals surface area contributed by atoms with Gasteiger partial charge in [-0.2, -0.15) is 0 Å². The molecule has 0 saturated carbocycles. The fourth-order valence-corrected chi connectivity index (χ4v) is 3.44. The average Bonchev–Trinajstić information content (AvgIpc) is 2.70. The van der Waals surface area contributed by atoms with Gasteiger partial charge < -0.3 is 34.1 Å². The summed E-state index contributed by atoms with van der Waals surface area (Å²) >= 11 is 0. The number of amides is 1. The van der Waals surface area contributed by atoms with Gasteiger partial charge >= 0.3 is 29.8 Å². The second-order valence-electron chi connectivity index (χ2n) is 7.46. The molecular weight excluding hydrogens is 476 g/mol. The maximum atomic E-state index is 12.1. The highest BCUT2D eigenvalue weighted by molar-refractivity contribution is 5.78. The van der Waals surface area contributed by atoms with E-state index in [0.717, 1.165) is 34.6 Å². The third kappa shape index (κ3) is 8.42. The van der Waals surface area contributed by atoms with Crippen LogP contribution in [-0.2, 0) is 52.5 Å². The predicted molar refractivity (Wildman–Crippen MR) is 110 cm³/mol. The molecule has 1 heterocycles. The molecule has 1 aliphatic heterocycles. The third-order valence-corrected chi connectivity index (χ3v) is 4.55. The largest absolute Gasteiger partial charge is 0.479 e. The molecule has 0 aliphatic carbocycles. The number of nitrogens with zero attached hydrogens (tertiary/aromatic N) is 3. The number of rotatable bonds is 10. The van der Waals surface area contributed by atoms with E-state index in [1.165, 1.54) is 0 Å². The molecule has 1 fully saturated rings. The van der Waals surface area contributed by atoms with Gasteiger partial charge in [0.25, 0.3) is 0 Å². The lowest BCUT2D eigenvalue weighted by molar-refractivity contribution is -0.239. The maximum absolute atomic E-state index is 12.1. The van der Waals surface area contributed by atoms with Gasteiger partial charge in [0.2, 0.25) is 11.6 Å². The molecule has 0 radical (unpaired) electrons. The highest BCUT2D eigenvalue weighted by Gasteiger charge is 2.57. The van der Waals surface area contributed by atoms with Gasteiger partial charge in [0.15, 0.2) is 12.2 Å². The second kappa shape index (κ2) is 12.5. The molecule has 0 aromatic rings. The minimum atomic E-state index is -2.69. The molecule has 0 spiro atoms. The molecule has 16 nitrogen and oxygen atoms in total. The molecular formula is C19H26N4O12. The Labute approximate surface area is 198 Å². The van der Waals surface area contributed by atoms with Gasteiger partial charge in [-0.15, -0.1) is 0 Å². The Kier molecular flexibility index (Phi) is 10.4. The van der Waals surface area contributed by atoms with Crippen molar-refractivity contribution >= 4 is 35.8 Å². The van der Waals surface area contributed by atoms with E-state index in [2.05, 4.69) is 15.3 Å². The van der Waals surface area contributed by atoms with E-state index in [1.54, 1.807) is 0 Å². The van der Waals surface area contributed by atoms with Crippen molar-refractivity contribution in [3.05, 3.63) is 10.4 Å². The Morgan fingerprint density at radius 1 is 1.06 bits per heavy atom. The fourth-order valence-electron chi connectivity index (χ4n) is 3.44. The molecule has 6 atom stereocenters. The molecule has 1 rings (SSSR count). The fraction of sp³-hybridized carbons (Fsp3) is 0.684. The Bertz CT molecular complexity index is 914. The number of nitrogens with one attached hydrogen (secondary N) is 1. The van der Waals surface area contributed by atoms with Crippen molar-refractivity contribution in [2.24, 2.45) is 5.11 Å². The molecule has 1 saturated heterocycles. The van der Waals surface area contributed by atoms with Crippen molar-refractivity contribution < 1.29 is 57.6 Å². The summed E-state index contributed by atoms with van der Waals surface area (Å²) < 4.78 is 26.0. The van der Waals surface area contributed by atoms with Crippen LogP contribution in [0.25, 0.3) is 10.4 Å². The van der Waals surface area contributed by atoms with E-state index in [0.29, 0.717) is 0 Å². The molecule has 1 aliphatic rings. The number of carboxylic acid groups (broad SMARTS) is 1. The predicted octanol–water partition coefficient (Wildman–Crippen LogP) is -0.271.